The highest BCUT2D eigenvalue weighted by Crippen LogP contribution is 2.33. The molecule has 0 aliphatic carbocycles. The molecule has 2 aromatic heterocycles. The van der Waals surface area contributed by atoms with Crippen molar-refractivity contribution in [3.8, 4) is 17.2 Å². The Morgan fingerprint density at radius 3 is 2.52 bits per heavy atom. The minimum Gasteiger partial charge on any atom is -0.493 e. The smallest absolute Gasteiger partial charge is 0.259 e. The van der Waals surface area contributed by atoms with Crippen LogP contribution in [0.25, 0.3) is 5.65 Å². The standard InChI is InChI=1S/C24H23N3O4/c1-16-12-21(29-2)22(30-3)13-19(16)26-24(28)18-8-4-5-9-20(18)31-15-17-14-27-11-7-6-10-23(27)25-17/h4-14H,15H2,1-3H3,(H,26,28). The van der Waals surface area contributed by atoms with E-state index < -0.39 is 0 Å². The summed E-state index contributed by atoms with van der Waals surface area (Å²) < 4.78 is 18.5. The first-order valence-corrected chi connectivity index (χ1v) is 9.77. The summed E-state index contributed by atoms with van der Waals surface area (Å²) in [5.41, 5.74) is 3.54. The second-order valence-electron chi connectivity index (χ2n) is 6.96. The number of carbonyl (C=O) groups excluding carboxylic acids is 1. The second kappa shape index (κ2) is 8.79. The summed E-state index contributed by atoms with van der Waals surface area (Å²) in [7, 11) is 3.13. The Morgan fingerprint density at radius 2 is 1.74 bits per heavy atom. The quantitative estimate of drug-likeness (QED) is 0.480. The molecule has 158 valence electrons. The number of methoxy groups -OCH3 is 2. The van der Waals surface area contributed by atoms with Gasteiger partial charge in [0.05, 0.1) is 25.5 Å². The van der Waals surface area contributed by atoms with E-state index in [0.717, 1.165) is 16.9 Å². The van der Waals surface area contributed by atoms with Gasteiger partial charge in [-0.15, -0.1) is 0 Å². The summed E-state index contributed by atoms with van der Waals surface area (Å²) in [5.74, 6) is 1.35. The molecule has 0 aliphatic heterocycles. The molecule has 4 rings (SSSR count). The van der Waals surface area contributed by atoms with E-state index in [1.54, 1.807) is 38.5 Å². The van der Waals surface area contributed by atoms with Crippen LogP contribution in [-0.2, 0) is 6.61 Å². The molecule has 4 aromatic rings. The van der Waals surface area contributed by atoms with E-state index in [-0.39, 0.29) is 12.5 Å². The molecule has 2 aromatic carbocycles. The fourth-order valence-electron chi connectivity index (χ4n) is 3.29. The van der Waals surface area contributed by atoms with E-state index in [2.05, 4.69) is 10.3 Å². The Labute approximate surface area is 180 Å². The number of fused-ring (bicyclic) bond motifs is 1. The van der Waals surface area contributed by atoms with Gasteiger partial charge in [0.25, 0.3) is 5.91 Å². The molecular weight excluding hydrogens is 394 g/mol. The first-order chi connectivity index (χ1) is 15.1. The third-order valence-electron chi connectivity index (χ3n) is 4.90. The summed E-state index contributed by atoms with van der Waals surface area (Å²) in [6.45, 7) is 2.14. The highest BCUT2D eigenvalue weighted by atomic mass is 16.5. The Balaban J connectivity index is 1.53. The number of ether oxygens (including phenoxy) is 3. The molecule has 0 fully saturated rings. The summed E-state index contributed by atoms with van der Waals surface area (Å²) in [6, 6.07) is 16.5. The van der Waals surface area contributed by atoms with E-state index in [4.69, 9.17) is 14.2 Å². The molecule has 1 N–H and O–H groups in total. The van der Waals surface area contributed by atoms with Crippen LogP contribution in [0.4, 0.5) is 5.69 Å². The number of aryl methyl sites for hydroxylation is 1. The summed E-state index contributed by atoms with van der Waals surface area (Å²) in [4.78, 5) is 17.5. The highest BCUT2D eigenvalue weighted by molar-refractivity contribution is 6.06. The molecule has 0 bridgehead atoms. The Kier molecular flexibility index (Phi) is 5.75. The molecule has 2 heterocycles. The third kappa shape index (κ3) is 4.30. The fraction of sp³-hybridized carbons (Fsp3) is 0.167. The number of hydrogen-bond acceptors (Lipinski definition) is 5. The maximum absolute atomic E-state index is 13.0. The van der Waals surface area contributed by atoms with Crippen LogP contribution in [0.5, 0.6) is 17.2 Å². The van der Waals surface area contributed by atoms with Crippen molar-refractivity contribution in [2.75, 3.05) is 19.5 Å². The number of hydrogen-bond donors (Lipinski definition) is 1. The minimum absolute atomic E-state index is 0.251. The topological polar surface area (TPSA) is 74.1 Å². The Morgan fingerprint density at radius 1 is 1.00 bits per heavy atom. The number of nitrogens with one attached hydrogen (secondary N) is 1. The van der Waals surface area contributed by atoms with Gasteiger partial charge in [0.2, 0.25) is 0 Å². The van der Waals surface area contributed by atoms with Gasteiger partial charge in [-0.3, -0.25) is 4.79 Å². The lowest BCUT2D eigenvalue weighted by atomic mass is 10.1. The number of benzene rings is 2. The monoisotopic (exact) mass is 417 g/mol. The molecule has 1 amide bonds. The summed E-state index contributed by atoms with van der Waals surface area (Å²) >= 11 is 0. The zero-order valence-electron chi connectivity index (χ0n) is 17.6. The van der Waals surface area contributed by atoms with E-state index >= 15 is 0 Å². The van der Waals surface area contributed by atoms with Crippen LogP contribution < -0.4 is 19.5 Å². The minimum atomic E-state index is -0.277. The number of amides is 1. The normalized spacial score (nSPS) is 10.7. The SMILES string of the molecule is COc1cc(C)c(NC(=O)c2ccccc2OCc2cn3ccccc3n2)cc1OC. The molecule has 7 heteroatoms. The van der Waals surface area contributed by atoms with Crippen LogP contribution >= 0.6 is 0 Å². The molecule has 0 radical (unpaired) electrons. The molecule has 0 unspecified atom stereocenters. The zero-order valence-corrected chi connectivity index (χ0v) is 17.6. The highest BCUT2D eigenvalue weighted by Gasteiger charge is 2.16. The number of pyridine rings is 1. The molecule has 0 atom stereocenters. The number of nitrogens with zero attached hydrogens (tertiary/aromatic N) is 2. The third-order valence-corrected chi connectivity index (χ3v) is 4.90. The van der Waals surface area contributed by atoms with Gasteiger partial charge in [0.1, 0.15) is 18.0 Å². The predicted octanol–water partition coefficient (Wildman–Crippen LogP) is 4.49. The van der Waals surface area contributed by atoms with Crippen LogP contribution in [0.15, 0.2) is 67.0 Å². The van der Waals surface area contributed by atoms with Gasteiger partial charge in [-0.25, -0.2) is 4.98 Å². The van der Waals surface area contributed by atoms with Crippen molar-refractivity contribution in [3.63, 3.8) is 0 Å². The molecule has 0 spiro atoms. The van der Waals surface area contributed by atoms with Crippen molar-refractivity contribution < 1.29 is 19.0 Å². The van der Waals surface area contributed by atoms with E-state index in [1.165, 1.54) is 0 Å². The van der Waals surface area contributed by atoms with Gasteiger partial charge in [-0.05, 0) is 42.8 Å². The van der Waals surface area contributed by atoms with Gasteiger partial charge in [-0.2, -0.15) is 0 Å². The van der Waals surface area contributed by atoms with Crippen molar-refractivity contribution >= 4 is 17.2 Å². The van der Waals surface area contributed by atoms with Crippen LogP contribution in [0.1, 0.15) is 21.6 Å². The van der Waals surface area contributed by atoms with Crippen molar-refractivity contribution in [2.24, 2.45) is 0 Å². The number of carbonyl (C=O) groups is 1. The Hall–Kier alpha value is -4.00. The maximum Gasteiger partial charge on any atom is 0.259 e. The predicted molar refractivity (Wildman–Crippen MR) is 118 cm³/mol. The summed E-state index contributed by atoms with van der Waals surface area (Å²) in [6.07, 6.45) is 3.84. The fourth-order valence-corrected chi connectivity index (χ4v) is 3.29. The lowest BCUT2D eigenvalue weighted by molar-refractivity contribution is 0.102. The zero-order chi connectivity index (χ0) is 21.8. The molecule has 7 nitrogen and oxygen atoms in total. The number of para-hydroxylation sites is 1. The van der Waals surface area contributed by atoms with Crippen molar-refractivity contribution in [1.29, 1.82) is 0 Å². The molecule has 0 saturated heterocycles. The number of anilines is 1. The van der Waals surface area contributed by atoms with Gasteiger partial charge < -0.3 is 23.9 Å². The van der Waals surface area contributed by atoms with Crippen LogP contribution in [0, 0.1) is 6.92 Å². The Bertz CT molecular complexity index is 1200. The number of imidazole rings is 1. The van der Waals surface area contributed by atoms with E-state index in [0.29, 0.717) is 28.5 Å². The first-order valence-electron chi connectivity index (χ1n) is 9.77. The van der Waals surface area contributed by atoms with Gasteiger partial charge in [0.15, 0.2) is 11.5 Å². The molecule has 0 aliphatic rings. The van der Waals surface area contributed by atoms with Crippen LogP contribution in [0.2, 0.25) is 0 Å². The first kappa shape index (κ1) is 20.3. The van der Waals surface area contributed by atoms with E-state index in [9.17, 15) is 4.79 Å². The second-order valence-corrected chi connectivity index (χ2v) is 6.96. The van der Waals surface area contributed by atoms with Gasteiger partial charge in [0, 0.05) is 24.1 Å². The molecule has 31 heavy (non-hydrogen) atoms. The lowest BCUT2D eigenvalue weighted by Crippen LogP contribution is -2.14. The number of rotatable bonds is 7. The maximum atomic E-state index is 13.0. The van der Waals surface area contributed by atoms with Crippen LogP contribution in [0.3, 0.4) is 0 Å². The van der Waals surface area contributed by atoms with Crippen LogP contribution in [-0.4, -0.2) is 29.5 Å². The summed E-state index contributed by atoms with van der Waals surface area (Å²) in [5, 5.41) is 2.94. The number of aromatic nitrogens is 2. The van der Waals surface area contributed by atoms with Crippen molar-refractivity contribution in [3.05, 3.63) is 83.8 Å². The average Bonchev–Trinajstić information content (AvgIpc) is 3.22. The lowest BCUT2D eigenvalue weighted by Gasteiger charge is -2.15. The molecule has 0 saturated carbocycles. The van der Waals surface area contributed by atoms with Gasteiger partial charge in [-0.1, -0.05) is 18.2 Å². The van der Waals surface area contributed by atoms with Crippen molar-refractivity contribution in [1.82, 2.24) is 9.38 Å². The van der Waals surface area contributed by atoms with Gasteiger partial charge >= 0.3 is 0 Å². The van der Waals surface area contributed by atoms with Crippen molar-refractivity contribution in [2.45, 2.75) is 13.5 Å². The largest absolute Gasteiger partial charge is 0.493 e. The molecular formula is C24H23N3O4. The van der Waals surface area contributed by atoms with E-state index in [1.807, 2.05) is 54.0 Å². The average molecular weight is 417 g/mol.